The molecular formula is C15H14N2O3. The molecule has 1 heterocycles. The second-order valence-corrected chi connectivity index (χ2v) is 4.86. The van der Waals surface area contributed by atoms with E-state index in [2.05, 4.69) is 10.3 Å². The normalized spacial score (nSPS) is 20.4. The van der Waals surface area contributed by atoms with Crippen molar-refractivity contribution in [3.8, 4) is 0 Å². The first-order valence-electron chi connectivity index (χ1n) is 6.40. The maximum Gasteiger partial charge on any atom is 0.253 e. The van der Waals surface area contributed by atoms with Crippen LogP contribution < -0.4 is 10.9 Å². The molecule has 2 atom stereocenters. The summed E-state index contributed by atoms with van der Waals surface area (Å²) in [5, 5.41) is 12.9. The first kappa shape index (κ1) is 12.6. The van der Waals surface area contributed by atoms with Crippen molar-refractivity contribution in [2.24, 2.45) is 0 Å². The first-order chi connectivity index (χ1) is 9.65. The number of aromatic amines is 1. The van der Waals surface area contributed by atoms with Gasteiger partial charge in [-0.2, -0.15) is 0 Å². The van der Waals surface area contributed by atoms with Crippen LogP contribution in [0.4, 0.5) is 0 Å². The Labute approximate surface area is 115 Å². The molecule has 0 saturated carbocycles. The average molecular weight is 270 g/mol. The molecule has 0 unspecified atom stereocenters. The third-order valence-electron chi connectivity index (χ3n) is 3.54. The minimum Gasteiger partial charge on any atom is -0.390 e. The fourth-order valence-electron chi connectivity index (χ4n) is 2.52. The Hall–Kier alpha value is -2.40. The third-order valence-corrected chi connectivity index (χ3v) is 3.54. The predicted molar refractivity (Wildman–Crippen MR) is 73.4 cm³/mol. The average Bonchev–Trinajstić information content (AvgIpc) is 2.76. The van der Waals surface area contributed by atoms with Crippen LogP contribution in [0.3, 0.4) is 0 Å². The van der Waals surface area contributed by atoms with Gasteiger partial charge in [0.25, 0.3) is 5.91 Å². The zero-order valence-electron chi connectivity index (χ0n) is 10.7. The molecule has 0 spiro atoms. The maximum atomic E-state index is 12.1. The van der Waals surface area contributed by atoms with Crippen LogP contribution in [0.15, 0.2) is 47.4 Å². The molecule has 1 amide bonds. The van der Waals surface area contributed by atoms with E-state index in [1.54, 1.807) is 0 Å². The van der Waals surface area contributed by atoms with Crippen molar-refractivity contribution in [3.05, 3.63) is 69.6 Å². The van der Waals surface area contributed by atoms with Gasteiger partial charge in [-0.05, 0) is 17.2 Å². The molecule has 3 rings (SSSR count). The molecule has 3 N–H and O–H groups in total. The highest BCUT2D eigenvalue weighted by Crippen LogP contribution is 2.31. The summed E-state index contributed by atoms with van der Waals surface area (Å²) in [7, 11) is 0. The van der Waals surface area contributed by atoms with Crippen LogP contribution >= 0.6 is 0 Å². The van der Waals surface area contributed by atoms with Crippen LogP contribution in [-0.2, 0) is 6.42 Å². The van der Waals surface area contributed by atoms with Crippen molar-refractivity contribution in [1.29, 1.82) is 0 Å². The van der Waals surface area contributed by atoms with Gasteiger partial charge in [0.1, 0.15) is 0 Å². The third kappa shape index (κ3) is 2.23. The van der Waals surface area contributed by atoms with Gasteiger partial charge in [-0.1, -0.05) is 24.3 Å². The Balaban J connectivity index is 1.83. The molecule has 5 heteroatoms. The topological polar surface area (TPSA) is 82.2 Å². The molecule has 1 aromatic carbocycles. The smallest absolute Gasteiger partial charge is 0.253 e. The second-order valence-electron chi connectivity index (χ2n) is 4.86. The van der Waals surface area contributed by atoms with Crippen LogP contribution in [0, 0.1) is 0 Å². The number of pyridine rings is 1. The minimum absolute atomic E-state index is 0.257. The molecule has 1 aliphatic rings. The SMILES string of the molecule is O=C(N[C@H]1c2ccccc2C[C@H]1O)c1ccc(=O)[nH]c1. The monoisotopic (exact) mass is 270 g/mol. The van der Waals surface area contributed by atoms with Gasteiger partial charge in [-0.25, -0.2) is 0 Å². The van der Waals surface area contributed by atoms with Crippen LogP contribution in [0.25, 0.3) is 0 Å². The lowest BCUT2D eigenvalue weighted by Crippen LogP contribution is -2.34. The number of nitrogens with one attached hydrogen (secondary N) is 2. The van der Waals surface area contributed by atoms with Crippen molar-refractivity contribution in [3.63, 3.8) is 0 Å². The Kier molecular flexibility index (Phi) is 3.12. The Bertz CT molecular complexity index is 688. The minimum atomic E-state index is -0.626. The van der Waals surface area contributed by atoms with Gasteiger partial charge in [-0.3, -0.25) is 9.59 Å². The number of H-pyrrole nitrogens is 1. The van der Waals surface area contributed by atoms with E-state index in [9.17, 15) is 14.7 Å². The highest BCUT2D eigenvalue weighted by atomic mass is 16.3. The second kappa shape index (κ2) is 4.94. The number of rotatable bonds is 2. The number of carbonyl (C=O) groups excluding carboxylic acids is 1. The highest BCUT2D eigenvalue weighted by Gasteiger charge is 2.31. The van der Waals surface area contributed by atoms with E-state index in [0.29, 0.717) is 12.0 Å². The number of carbonyl (C=O) groups is 1. The first-order valence-corrected chi connectivity index (χ1v) is 6.40. The summed E-state index contributed by atoms with van der Waals surface area (Å²) in [6.45, 7) is 0. The number of fused-ring (bicyclic) bond motifs is 1. The fraction of sp³-hybridized carbons (Fsp3) is 0.200. The molecule has 0 fully saturated rings. The van der Waals surface area contributed by atoms with Crippen LogP contribution in [0.2, 0.25) is 0 Å². The number of hydrogen-bond donors (Lipinski definition) is 3. The van der Waals surface area contributed by atoms with Gasteiger partial charge >= 0.3 is 0 Å². The standard InChI is InChI=1S/C15H14N2O3/c18-12-7-9-3-1-2-4-11(9)14(12)17-15(20)10-5-6-13(19)16-8-10/h1-6,8,12,14,18H,7H2,(H,16,19)(H,17,20)/t12-,14+/m1/s1. The van der Waals surface area contributed by atoms with Crippen LogP contribution in [0.1, 0.15) is 27.5 Å². The summed E-state index contributed by atoms with van der Waals surface area (Å²) in [5.74, 6) is -0.318. The quantitative estimate of drug-likeness (QED) is 0.753. The molecule has 0 aliphatic heterocycles. The van der Waals surface area contributed by atoms with Crippen molar-refractivity contribution in [1.82, 2.24) is 10.3 Å². The van der Waals surface area contributed by atoms with Gasteiger partial charge in [-0.15, -0.1) is 0 Å². The molecule has 0 saturated heterocycles. The van der Waals surface area contributed by atoms with Crippen molar-refractivity contribution >= 4 is 5.91 Å². The number of aromatic nitrogens is 1. The van der Waals surface area contributed by atoms with Crippen LogP contribution in [-0.4, -0.2) is 22.1 Å². The molecule has 5 nitrogen and oxygen atoms in total. The van der Waals surface area contributed by atoms with E-state index in [0.717, 1.165) is 11.1 Å². The van der Waals surface area contributed by atoms with Gasteiger partial charge in [0.2, 0.25) is 5.56 Å². The van der Waals surface area contributed by atoms with Gasteiger partial charge in [0, 0.05) is 18.7 Å². The molecule has 1 aromatic heterocycles. The zero-order chi connectivity index (χ0) is 14.1. The van der Waals surface area contributed by atoms with Crippen LogP contribution in [0.5, 0.6) is 0 Å². The fourth-order valence-corrected chi connectivity index (χ4v) is 2.52. The van der Waals surface area contributed by atoms with E-state index in [4.69, 9.17) is 0 Å². The summed E-state index contributed by atoms with van der Waals surface area (Å²) >= 11 is 0. The lowest BCUT2D eigenvalue weighted by atomic mass is 10.1. The van der Waals surface area contributed by atoms with Gasteiger partial charge in [0.05, 0.1) is 17.7 Å². The van der Waals surface area contributed by atoms with E-state index in [-0.39, 0.29) is 11.5 Å². The van der Waals surface area contributed by atoms with E-state index in [1.807, 2.05) is 24.3 Å². The molecule has 102 valence electrons. The van der Waals surface area contributed by atoms with Crippen molar-refractivity contribution in [2.45, 2.75) is 18.6 Å². The summed E-state index contributed by atoms with van der Waals surface area (Å²) in [6, 6.07) is 10.0. The molecular weight excluding hydrogens is 256 g/mol. The van der Waals surface area contributed by atoms with Gasteiger partial charge in [0.15, 0.2) is 0 Å². The molecule has 2 aromatic rings. The van der Waals surface area contributed by atoms with E-state index < -0.39 is 12.1 Å². The number of benzene rings is 1. The molecule has 0 bridgehead atoms. The van der Waals surface area contributed by atoms with Crippen molar-refractivity contribution in [2.75, 3.05) is 0 Å². The Morgan fingerprint density at radius 3 is 2.80 bits per heavy atom. The van der Waals surface area contributed by atoms with Gasteiger partial charge < -0.3 is 15.4 Å². The lowest BCUT2D eigenvalue weighted by Gasteiger charge is -2.17. The number of aliphatic hydroxyl groups excluding tert-OH is 1. The largest absolute Gasteiger partial charge is 0.390 e. The number of aliphatic hydroxyl groups is 1. The summed E-state index contributed by atoms with van der Waals surface area (Å²) in [4.78, 5) is 25.6. The summed E-state index contributed by atoms with van der Waals surface area (Å²) in [6.07, 6.45) is 1.27. The molecule has 1 aliphatic carbocycles. The maximum absolute atomic E-state index is 12.1. The molecule has 20 heavy (non-hydrogen) atoms. The predicted octanol–water partition coefficient (Wildman–Crippen LogP) is 0.763. The Morgan fingerprint density at radius 2 is 2.05 bits per heavy atom. The highest BCUT2D eigenvalue weighted by molar-refractivity contribution is 5.94. The van der Waals surface area contributed by atoms with Crippen molar-refractivity contribution < 1.29 is 9.90 Å². The lowest BCUT2D eigenvalue weighted by molar-refractivity contribution is 0.0858. The number of hydrogen-bond acceptors (Lipinski definition) is 3. The van der Waals surface area contributed by atoms with E-state index in [1.165, 1.54) is 18.3 Å². The summed E-state index contributed by atoms with van der Waals surface area (Å²) in [5.41, 5.74) is 2.10. The Morgan fingerprint density at radius 1 is 1.25 bits per heavy atom. The zero-order valence-corrected chi connectivity index (χ0v) is 10.7. The van der Waals surface area contributed by atoms with E-state index >= 15 is 0 Å². The number of amides is 1. The molecule has 0 radical (unpaired) electrons. The summed E-state index contributed by atoms with van der Waals surface area (Å²) < 4.78 is 0.